The monoisotopic (exact) mass is 404 g/mol. The van der Waals surface area contributed by atoms with Crippen LogP contribution in [0.25, 0.3) is 10.4 Å². The first-order chi connectivity index (χ1) is 13.0. The van der Waals surface area contributed by atoms with Gasteiger partial charge in [-0.05, 0) is 31.0 Å². The van der Waals surface area contributed by atoms with Crippen LogP contribution in [0.5, 0.6) is 0 Å². The SMILES string of the molecule is CCCn1cnc(CCNC(=O)Nc2nc(C)c(-c3ccnc(Cl)c3)s2)c1. The van der Waals surface area contributed by atoms with Gasteiger partial charge in [0.25, 0.3) is 0 Å². The molecule has 0 fully saturated rings. The van der Waals surface area contributed by atoms with Gasteiger partial charge >= 0.3 is 6.03 Å². The van der Waals surface area contributed by atoms with Crippen LogP contribution in [-0.2, 0) is 13.0 Å². The van der Waals surface area contributed by atoms with Gasteiger partial charge in [-0.3, -0.25) is 5.32 Å². The fourth-order valence-corrected chi connectivity index (χ4v) is 3.75. The van der Waals surface area contributed by atoms with Crippen LogP contribution >= 0.6 is 22.9 Å². The average Bonchev–Trinajstić information content (AvgIpc) is 3.21. The first kappa shape index (κ1) is 19.3. The first-order valence-electron chi connectivity index (χ1n) is 8.70. The third kappa shape index (κ3) is 5.27. The second-order valence-corrected chi connectivity index (χ2v) is 7.42. The number of thiazole rings is 1. The highest BCUT2D eigenvalue weighted by molar-refractivity contribution is 7.19. The van der Waals surface area contributed by atoms with Gasteiger partial charge < -0.3 is 9.88 Å². The standard InChI is InChI=1S/C18H21ClN6OS/c1-3-8-25-10-14(22-11-25)5-7-21-17(26)24-18-23-12(2)16(27-18)13-4-6-20-15(19)9-13/h4,6,9-11H,3,5,7-8H2,1-2H3,(H2,21,23,24,26). The number of nitrogens with zero attached hydrogens (tertiary/aromatic N) is 4. The summed E-state index contributed by atoms with van der Waals surface area (Å²) in [5, 5.41) is 6.58. The lowest BCUT2D eigenvalue weighted by atomic mass is 10.2. The molecule has 0 aliphatic heterocycles. The van der Waals surface area contributed by atoms with Crippen LogP contribution in [0.15, 0.2) is 30.9 Å². The number of aryl methyl sites for hydroxylation is 2. The maximum atomic E-state index is 12.1. The van der Waals surface area contributed by atoms with Crippen molar-refractivity contribution < 1.29 is 4.79 Å². The number of hydrogen-bond acceptors (Lipinski definition) is 5. The fourth-order valence-electron chi connectivity index (χ4n) is 2.62. The summed E-state index contributed by atoms with van der Waals surface area (Å²) in [7, 11) is 0. The minimum absolute atomic E-state index is 0.281. The maximum Gasteiger partial charge on any atom is 0.321 e. The molecule has 3 aromatic rings. The molecule has 0 spiro atoms. The number of imidazole rings is 1. The number of halogens is 1. The summed E-state index contributed by atoms with van der Waals surface area (Å²) >= 11 is 7.35. The molecule has 0 aliphatic rings. The van der Waals surface area contributed by atoms with Crippen molar-refractivity contribution in [3.8, 4) is 10.4 Å². The van der Waals surface area contributed by atoms with Crippen LogP contribution in [0, 0.1) is 6.92 Å². The highest BCUT2D eigenvalue weighted by Gasteiger charge is 2.12. The minimum atomic E-state index is -0.281. The minimum Gasteiger partial charge on any atom is -0.337 e. The van der Waals surface area contributed by atoms with Crippen LogP contribution < -0.4 is 10.6 Å². The molecule has 27 heavy (non-hydrogen) atoms. The largest absolute Gasteiger partial charge is 0.337 e. The van der Waals surface area contributed by atoms with Gasteiger partial charge in [0, 0.05) is 31.9 Å². The molecule has 0 saturated carbocycles. The van der Waals surface area contributed by atoms with Crippen LogP contribution in [0.1, 0.15) is 24.7 Å². The molecule has 0 radical (unpaired) electrons. The van der Waals surface area contributed by atoms with Gasteiger partial charge in [-0.1, -0.05) is 29.9 Å². The Kier molecular flexibility index (Phi) is 6.41. The molecule has 0 saturated heterocycles. The fraction of sp³-hybridized carbons (Fsp3) is 0.333. The summed E-state index contributed by atoms with van der Waals surface area (Å²) in [6.07, 6.45) is 7.24. The lowest BCUT2D eigenvalue weighted by Crippen LogP contribution is -2.30. The number of carbonyl (C=O) groups is 1. The molecule has 0 aliphatic carbocycles. The highest BCUT2D eigenvalue weighted by atomic mass is 35.5. The van der Waals surface area contributed by atoms with E-state index < -0.39 is 0 Å². The molecule has 0 unspecified atom stereocenters. The van der Waals surface area contributed by atoms with Crippen molar-refractivity contribution in [1.29, 1.82) is 0 Å². The van der Waals surface area contributed by atoms with Gasteiger partial charge in [-0.15, -0.1) is 0 Å². The van der Waals surface area contributed by atoms with Crippen LogP contribution in [0.2, 0.25) is 5.15 Å². The van der Waals surface area contributed by atoms with Gasteiger partial charge in [0.15, 0.2) is 5.13 Å². The first-order valence-corrected chi connectivity index (χ1v) is 9.89. The summed E-state index contributed by atoms with van der Waals surface area (Å²) in [4.78, 5) is 25.8. The Morgan fingerprint density at radius 1 is 1.37 bits per heavy atom. The third-order valence-corrected chi connectivity index (χ3v) is 5.17. The van der Waals surface area contributed by atoms with Gasteiger partial charge in [-0.2, -0.15) is 0 Å². The van der Waals surface area contributed by atoms with Crippen LogP contribution in [-0.4, -0.2) is 32.1 Å². The predicted octanol–water partition coefficient (Wildman–Crippen LogP) is 4.14. The summed E-state index contributed by atoms with van der Waals surface area (Å²) < 4.78 is 2.06. The third-order valence-electron chi connectivity index (χ3n) is 3.84. The van der Waals surface area contributed by atoms with E-state index in [-0.39, 0.29) is 6.03 Å². The van der Waals surface area contributed by atoms with Crippen molar-refractivity contribution in [2.75, 3.05) is 11.9 Å². The van der Waals surface area contributed by atoms with Crippen LogP contribution in [0.3, 0.4) is 0 Å². The summed E-state index contributed by atoms with van der Waals surface area (Å²) in [5.74, 6) is 0. The van der Waals surface area contributed by atoms with Crippen molar-refractivity contribution in [1.82, 2.24) is 24.8 Å². The maximum absolute atomic E-state index is 12.1. The van der Waals surface area contributed by atoms with Gasteiger partial charge in [-0.25, -0.2) is 19.7 Å². The Morgan fingerprint density at radius 2 is 2.22 bits per heavy atom. The Hall–Kier alpha value is -2.45. The van der Waals surface area contributed by atoms with E-state index in [2.05, 4.69) is 37.1 Å². The summed E-state index contributed by atoms with van der Waals surface area (Å²) in [5.41, 5.74) is 2.73. The highest BCUT2D eigenvalue weighted by Crippen LogP contribution is 2.33. The predicted molar refractivity (Wildman–Crippen MR) is 108 cm³/mol. The van der Waals surface area contributed by atoms with Crippen molar-refractivity contribution >= 4 is 34.1 Å². The van der Waals surface area contributed by atoms with E-state index in [1.807, 2.05) is 25.5 Å². The molecule has 3 aromatic heterocycles. The molecule has 2 N–H and O–H groups in total. The van der Waals surface area contributed by atoms with E-state index in [1.165, 1.54) is 11.3 Å². The van der Waals surface area contributed by atoms with Crippen molar-refractivity contribution in [3.63, 3.8) is 0 Å². The zero-order chi connectivity index (χ0) is 19.2. The van der Waals surface area contributed by atoms with E-state index in [0.29, 0.717) is 23.3 Å². The molecule has 0 atom stereocenters. The molecule has 3 heterocycles. The molecule has 142 valence electrons. The Morgan fingerprint density at radius 3 is 3.00 bits per heavy atom. The quantitative estimate of drug-likeness (QED) is 0.579. The van der Waals surface area contributed by atoms with Crippen molar-refractivity contribution in [3.05, 3.63) is 47.4 Å². The zero-order valence-electron chi connectivity index (χ0n) is 15.2. The van der Waals surface area contributed by atoms with E-state index in [4.69, 9.17) is 11.6 Å². The average molecular weight is 405 g/mol. The number of urea groups is 1. The van der Waals surface area contributed by atoms with E-state index in [0.717, 1.165) is 34.8 Å². The lowest BCUT2D eigenvalue weighted by Gasteiger charge is -2.04. The number of hydrogen-bond donors (Lipinski definition) is 2. The zero-order valence-corrected chi connectivity index (χ0v) is 16.8. The number of aromatic nitrogens is 4. The molecule has 9 heteroatoms. The number of amides is 2. The molecular weight excluding hydrogens is 384 g/mol. The Labute approximate surface area is 166 Å². The number of carbonyl (C=O) groups excluding carboxylic acids is 1. The normalized spacial score (nSPS) is 10.8. The Balaban J connectivity index is 1.53. The van der Waals surface area contributed by atoms with Gasteiger partial charge in [0.2, 0.25) is 0 Å². The number of rotatable bonds is 7. The topological polar surface area (TPSA) is 84.7 Å². The number of nitrogens with one attached hydrogen (secondary N) is 2. The molecule has 3 rings (SSSR count). The van der Waals surface area contributed by atoms with E-state index in [9.17, 15) is 4.79 Å². The second-order valence-electron chi connectivity index (χ2n) is 6.03. The van der Waals surface area contributed by atoms with E-state index >= 15 is 0 Å². The summed E-state index contributed by atoms with van der Waals surface area (Å²) in [6, 6.07) is 3.37. The van der Waals surface area contributed by atoms with Crippen molar-refractivity contribution in [2.45, 2.75) is 33.2 Å². The van der Waals surface area contributed by atoms with Gasteiger partial charge in [0.1, 0.15) is 5.15 Å². The number of pyridine rings is 1. The molecule has 7 nitrogen and oxygen atoms in total. The smallest absolute Gasteiger partial charge is 0.321 e. The molecule has 2 amide bonds. The molecule has 0 aromatic carbocycles. The van der Waals surface area contributed by atoms with Gasteiger partial charge in [0.05, 0.1) is 22.6 Å². The van der Waals surface area contributed by atoms with E-state index in [1.54, 1.807) is 12.3 Å². The molecule has 0 bridgehead atoms. The summed E-state index contributed by atoms with van der Waals surface area (Å²) in [6.45, 7) is 5.48. The lowest BCUT2D eigenvalue weighted by molar-refractivity contribution is 0.252. The second kappa shape index (κ2) is 8.96. The van der Waals surface area contributed by atoms with Crippen molar-refractivity contribution in [2.24, 2.45) is 0 Å². The number of anilines is 1. The van der Waals surface area contributed by atoms with Crippen LogP contribution in [0.4, 0.5) is 9.93 Å². The Bertz CT molecular complexity index is 922. The molecular formula is C18H21ClN6OS.